The Bertz CT molecular complexity index is 900. The van der Waals surface area contributed by atoms with E-state index in [1.807, 2.05) is 0 Å². The molecule has 0 aromatic heterocycles. The molecule has 0 heterocycles. The molecule has 3 atom stereocenters. The van der Waals surface area contributed by atoms with Gasteiger partial charge in [-0.25, -0.2) is 4.79 Å². The summed E-state index contributed by atoms with van der Waals surface area (Å²) in [4.78, 5) is 37.9. The average molecular weight is 533 g/mol. The van der Waals surface area contributed by atoms with Gasteiger partial charge >= 0.3 is 5.97 Å². The molecule has 11 N–H and O–H groups in total. The van der Waals surface area contributed by atoms with E-state index in [1.54, 1.807) is 6.92 Å². The third kappa shape index (κ3) is 17.5. The highest BCUT2D eigenvalue weighted by molar-refractivity contribution is 5.91. The number of unbranched alkanes of at least 4 members (excludes halogenated alkanes) is 4. The van der Waals surface area contributed by atoms with Gasteiger partial charge in [0.25, 0.3) is 0 Å². The molecular formula is C26H44N8O4. The molecule has 38 heavy (non-hydrogen) atoms. The van der Waals surface area contributed by atoms with Gasteiger partial charge in [-0.15, -0.1) is 0 Å². The van der Waals surface area contributed by atoms with Crippen LogP contribution in [-0.2, 0) is 14.4 Å². The Balaban J connectivity index is 5.45. The lowest BCUT2D eigenvalue weighted by atomic mass is 9.98. The summed E-state index contributed by atoms with van der Waals surface area (Å²) < 4.78 is 0. The SMILES string of the molecule is CC#CC#CC(CCCCCCC)C(=O)NC(CCCNC(=N)N)C(=O)NC(CCCNC(=N)N)C(=O)O. The first-order valence-corrected chi connectivity index (χ1v) is 13.0. The number of hydrogen-bond acceptors (Lipinski definition) is 5. The zero-order valence-electron chi connectivity index (χ0n) is 22.5. The second kappa shape index (κ2) is 21.2. The maximum Gasteiger partial charge on any atom is 0.326 e. The minimum Gasteiger partial charge on any atom is -0.480 e. The second-order valence-corrected chi connectivity index (χ2v) is 8.83. The van der Waals surface area contributed by atoms with Crippen LogP contribution in [0, 0.1) is 40.4 Å². The zero-order chi connectivity index (χ0) is 28.8. The molecule has 0 spiro atoms. The van der Waals surface area contributed by atoms with E-state index in [0.717, 1.165) is 32.1 Å². The van der Waals surface area contributed by atoms with Crippen molar-refractivity contribution >= 4 is 29.7 Å². The minimum absolute atomic E-state index is 0.107. The molecule has 0 fully saturated rings. The Labute approximate surface area is 225 Å². The molecule has 0 saturated carbocycles. The summed E-state index contributed by atoms with van der Waals surface area (Å²) in [7, 11) is 0. The predicted octanol–water partition coefficient (Wildman–Crippen LogP) is 0.571. The van der Waals surface area contributed by atoms with Crippen LogP contribution < -0.4 is 32.7 Å². The number of aliphatic carboxylic acids is 1. The van der Waals surface area contributed by atoms with Gasteiger partial charge in [-0.3, -0.25) is 20.4 Å². The Hall–Kier alpha value is -3.93. The number of nitrogens with two attached hydrogens (primary N) is 2. The molecule has 2 amide bonds. The number of carbonyl (C=O) groups excluding carboxylic acids is 2. The van der Waals surface area contributed by atoms with E-state index in [4.69, 9.17) is 22.3 Å². The summed E-state index contributed by atoms with van der Waals surface area (Å²) in [5, 5.41) is 34.5. The molecule has 0 aliphatic carbocycles. The molecule has 3 unspecified atom stereocenters. The van der Waals surface area contributed by atoms with Crippen molar-refractivity contribution in [3.63, 3.8) is 0 Å². The molecule has 0 aliphatic heterocycles. The maximum atomic E-state index is 13.1. The van der Waals surface area contributed by atoms with Gasteiger partial charge in [0.05, 0.1) is 5.92 Å². The van der Waals surface area contributed by atoms with E-state index >= 15 is 0 Å². The molecule has 212 valence electrons. The Kier molecular flexibility index (Phi) is 19.0. The Morgan fingerprint density at radius 1 is 0.789 bits per heavy atom. The van der Waals surface area contributed by atoms with Crippen LogP contribution in [0.5, 0.6) is 0 Å². The largest absolute Gasteiger partial charge is 0.480 e. The summed E-state index contributed by atoms with van der Waals surface area (Å²) >= 11 is 0. The molecule has 12 heteroatoms. The third-order valence-corrected chi connectivity index (χ3v) is 5.56. The fourth-order valence-corrected chi connectivity index (χ4v) is 3.54. The summed E-state index contributed by atoms with van der Waals surface area (Å²) in [6.07, 6.45) is 6.65. The fourth-order valence-electron chi connectivity index (χ4n) is 3.54. The molecule has 12 nitrogen and oxygen atoms in total. The number of carboxylic acid groups (broad SMARTS) is 1. The van der Waals surface area contributed by atoms with E-state index in [9.17, 15) is 19.5 Å². The van der Waals surface area contributed by atoms with E-state index < -0.39 is 35.8 Å². The van der Waals surface area contributed by atoms with Crippen LogP contribution in [-0.4, -0.2) is 60.0 Å². The van der Waals surface area contributed by atoms with Crippen molar-refractivity contribution in [2.75, 3.05) is 13.1 Å². The molecule has 0 radical (unpaired) electrons. The Morgan fingerprint density at radius 3 is 1.87 bits per heavy atom. The number of rotatable bonds is 19. The van der Waals surface area contributed by atoms with Gasteiger partial charge < -0.3 is 37.8 Å². The van der Waals surface area contributed by atoms with Crippen molar-refractivity contribution in [3.8, 4) is 23.7 Å². The minimum atomic E-state index is -1.21. The summed E-state index contributed by atoms with van der Waals surface area (Å²) in [6, 6.07) is -2.19. The van der Waals surface area contributed by atoms with E-state index in [-0.39, 0.29) is 31.3 Å². The number of carboxylic acids is 1. The highest BCUT2D eigenvalue weighted by Gasteiger charge is 2.28. The van der Waals surface area contributed by atoms with Crippen molar-refractivity contribution < 1.29 is 19.5 Å². The van der Waals surface area contributed by atoms with Gasteiger partial charge in [-0.05, 0) is 50.9 Å². The topological polar surface area (TPSA) is 219 Å². The number of carbonyl (C=O) groups is 3. The lowest BCUT2D eigenvalue weighted by Crippen LogP contribution is -2.52. The summed E-state index contributed by atoms with van der Waals surface area (Å²) in [6.45, 7) is 4.37. The van der Waals surface area contributed by atoms with Crippen LogP contribution in [0.25, 0.3) is 0 Å². The van der Waals surface area contributed by atoms with Crippen LogP contribution in [0.1, 0.15) is 78.1 Å². The lowest BCUT2D eigenvalue weighted by molar-refractivity contribution is -0.142. The zero-order valence-corrected chi connectivity index (χ0v) is 22.5. The highest BCUT2D eigenvalue weighted by Crippen LogP contribution is 2.13. The van der Waals surface area contributed by atoms with Crippen LogP contribution in [0.3, 0.4) is 0 Å². The van der Waals surface area contributed by atoms with Crippen LogP contribution in [0.4, 0.5) is 0 Å². The number of guanidine groups is 2. The molecule has 0 rings (SSSR count). The van der Waals surface area contributed by atoms with Crippen LogP contribution in [0.15, 0.2) is 0 Å². The first-order valence-electron chi connectivity index (χ1n) is 13.0. The number of nitrogens with one attached hydrogen (secondary N) is 6. The molecule has 0 aromatic carbocycles. The van der Waals surface area contributed by atoms with E-state index in [1.165, 1.54) is 0 Å². The standard InChI is InChI=1S/C26H44N8O4/c1-3-5-7-8-10-14-19(13-9-6-4-2)22(35)33-20(15-11-17-31-25(27)28)23(36)34-21(24(37)38)16-12-18-32-26(29)30/h19-21H,3,5,7-8,10-12,14-18H2,1-2H3,(H,33,35)(H,34,36)(H,37,38)(H4,27,28,31)(H4,29,30,32). The summed E-state index contributed by atoms with van der Waals surface area (Å²) in [5.74, 6) is 7.55. The van der Waals surface area contributed by atoms with Crippen molar-refractivity contribution in [2.45, 2.75) is 90.1 Å². The van der Waals surface area contributed by atoms with Gasteiger partial charge in [0, 0.05) is 13.1 Å². The maximum absolute atomic E-state index is 13.1. The van der Waals surface area contributed by atoms with Gasteiger partial charge in [0.2, 0.25) is 11.8 Å². The quantitative estimate of drug-likeness (QED) is 0.0494. The van der Waals surface area contributed by atoms with Crippen molar-refractivity contribution in [3.05, 3.63) is 0 Å². The van der Waals surface area contributed by atoms with Gasteiger partial charge in [0.15, 0.2) is 11.9 Å². The van der Waals surface area contributed by atoms with Gasteiger partial charge in [-0.2, -0.15) is 0 Å². The second-order valence-electron chi connectivity index (χ2n) is 8.83. The normalized spacial score (nSPS) is 12.3. The van der Waals surface area contributed by atoms with Gasteiger partial charge in [0.1, 0.15) is 12.1 Å². The Morgan fingerprint density at radius 2 is 1.34 bits per heavy atom. The monoisotopic (exact) mass is 532 g/mol. The molecule has 0 aliphatic rings. The van der Waals surface area contributed by atoms with Gasteiger partial charge in [-0.1, -0.05) is 50.9 Å². The van der Waals surface area contributed by atoms with Crippen molar-refractivity contribution in [1.82, 2.24) is 21.3 Å². The highest BCUT2D eigenvalue weighted by atomic mass is 16.4. The van der Waals surface area contributed by atoms with E-state index in [0.29, 0.717) is 25.8 Å². The predicted molar refractivity (Wildman–Crippen MR) is 148 cm³/mol. The molecule has 0 bridgehead atoms. The van der Waals surface area contributed by atoms with Crippen molar-refractivity contribution in [1.29, 1.82) is 10.8 Å². The molecular weight excluding hydrogens is 488 g/mol. The number of amides is 2. The summed E-state index contributed by atoms with van der Waals surface area (Å²) in [5.41, 5.74) is 10.5. The first kappa shape index (κ1) is 34.1. The fraction of sp³-hybridized carbons (Fsp3) is 0.654. The lowest BCUT2D eigenvalue weighted by Gasteiger charge is -2.23. The average Bonchev–Trinajstić information content (AvgIpc) is 2.85. The number of hydrogen-bond donors (Lipinski definition) is 9. The first-order chi connectivity index (χ1) is 18.1. The molecule has 0 saturated heterocycles. The van der Waals surface area contributed by atoms with Crippen molar-refractivity contribution in [2.24, 2.45) is 17.4 Å². The van der Waals surface area contributed by atoms with E-state index in [2.05, 4.69) is 51.9 Å². The third-order valence-electron chi connectivity index (χ3n) is 5.56. The smallest absolute Gasteiger partial charge is 0.326 e. The van der Waals surface area contributed by atoms with Crippen LogP contribution in [0.2, 0.25) is 0 Å². The molecule has 0 aromatic rings. The van der Waals surface area contributed by atoms with Crippen LogP contribution >= 0.6 is 0 Å².